The van der Waals surface area contributed by atoms with Crippen molar-refractivity contribution in [3.63, 3.8) is 0 Å². The molecule has 0 saturated carbocycles. The molecule has 2 aromatic heterocycles. The number of piperidine rings is 1. The van der Waals surface area contributed by atoms with Crippen LogP contribution in [0.5, 0.6) is 0 Å². The van der Waals surface area contributed by atoms with Gasteiger partial charge in [0.1, 0.15) is 0 Å². The van der Waals surface area contributed by atoms with Gasteiger partial charge in [-0.15, -0.1) is 11.3 Å². The van der Waals surface area contributed by atoms with E-state index in [0.717, 1.165) is 37.5 Å². The number of fused-ring (bicyclic) bond motifs is 1. The minimum absolute atomic E-state index is 0.590. The van der Waals surface area contributed by atoms with E-state index in [1.54, 1.807) is 4.88 Å². The first-order valence-electron chi connectivity index (χ1n) is 10.4. The molecule has 146 valence electrons. The zero-order valence-electron chi connectivity index (χ0n) is 16.1. The van der Waals surface area contributed by atoms with Gasteiger partial charge in [-0.05, 0) is 45.1 Å². The third kappa shape index (κ3) is 3.89. The van der Waals surface area contributed by atoms with Gasteiger partial charge < -0.3 is 9.42 Å². The normalized spacial score (nSPS) is 20.2. The number of likely N-dealkylation sites (tertiary alicyclic amines) is 1. The van der Waals surface area contributed by atoms with Crippen LogP contribution in [0.4, 0.5) is 0 Å². The van der Waals surface area contributed by atoms with E-state index in [1.807, 2.05) is 41.7 Å². The van der Waals surface area contributed by atoms with Crippen LogP contribution in [-0.4, -0.2) is 39.7 Å². The quantitative estimate of drug-likeness (QED) is 0.638. The summed E-state index contributed by atoms with van der Waals surface area (Å²) in [5, 5.41) is 5.51. The maximum absolute atomic E-state index is 5.48. The number of rotatable bonds is 5. The molecule has 2 aliphatic rings. The second-order valence-electron chi connectivity index (χ2n) is 7.90. The summed E-state index contributed by atoms with van der Waals surface area (Å²) in [6.45, 7) is 3.23. The van der Waals surface area contributed by atoms with Gasteiger partial charge in [0.25, 0.3) is 0 Å². The fourth-order valence-electron chi connectivity index (χ4n) is 4.32. The first-order valence-corrected chi connectivity index (χ1v) is 11.3. The first-order chi connectivity index (χ1) is 13.8. The van der Waals surface area contributed by atoms with Crippen LogP contribution < -0.4 is 0 Å². The molecule has 1 atom stereocenters. The van der Waals surface area contributed by atoms with Crippen molar-refractivity contribution in [1.29, 1.82) is 0 Å². The van der Waals surface area contributed by atoms with Gasteiger partial charge in [0.2, 0.25) is 11.7 Å². The lowest BCUT2D eigenvalue weighted by Gasteiger charge is -2.31. The predicted molar refractivity (Wildman–Crippen MR) is 111 cm³/mol. The smallest absolute Gasteiger partial charge is 0.228 e. The summed E-state index contributed by atoms with van der Waals surface area (Å²) in [5.41, 5.74) is 2.39. The van der Waals surface area contributed by atoms with Gasteiger partial charge in [-0.3, -0.25) is 0 Å². The zero-order chi connectivity index (χ0) is 18.8. The van der Waals surface area contributed by atoms with E-state index in [1.165, 1.54) is 49.2 Å². The summed E-state index contributed by atoms with van der Waals surface area (Å²) >= 11 is 1.98. The molecule has 0 bridgehead atoms. The summed E-state index contributed by atoms with van der Waals surface area (Å²) in [7, 11) is 0. The molecule has 1 saturated heterocycles. The number of hydrogen-bond donors (Lipinski definition) is 0. The highest BCUT2D eigenvalue weighted by atomic mass is 32.1. The molecule has 28 heavy (non-hydrogen) atoms. The summed E-state index contributed by atoms with van der Waals surface area (Å²) in [6, 6.07) is 10.0. The van der Waals surface area contributed by atoms with Crippen molar-refractivity contribution in [3.05, 3.63) is 51.8 Å². The van der Waals surface area contributed by atoms with E-state index >= 15 is 0 Å². The topological polar surface area (TPSA) is 55.1 Å². The van der Waals surface area contributed by atoms with Crippen molar-refractivity contribution in [3.8, 4) is 11.4 Å². The van der Waals surface area contributed by atoms with Gasteiger partial charge in [-0.25, -0.2) is 4.98 Å². The SMILES string of the molecule is c1ccc(-c2noc(CCN3CCCC(c4nc5c(s4)CCCC5)C3)n2)cc1. The maximum Gasteiger partial charge on any atom is 0.228 e. The van der Waals surface area contributed by atoms with Crippen molar-refractivity contribution in [1.82, 2.24) is 20.0 Å². The first kappa shape index (κ1) is 18.0. The molecule has 6 heteroatoms. The Morgan fingerprint density at radius 2 is 1.96 bits per heavy atom. The van der Waals surface area contributed by atoms with Gasteiger partial charge in [0.15, 0.2) is 0 Å². The average molecular weight is 395 g/mol. The minimum Gasteiger partial charge on any atom is -0.339 e. The number of thiazole rings is 1. The molecule has 0 amide bonds. The van der Waals surface area contributed by atoms with E-state index in [4.69, 9.17) is 9.51 Å². The third-order valence-corrected chi connectivity index (χ3v) is 7.18. The van der Waals surface area contributed by atoms with Crippen LogP contribution in [-0.2, 0) is 19.3 Å². The van der Waals surface area contributed by atoms with E-state index < -0.39 is 0 Å². The Hall–Kier alpha value is -2.05. The molecule has 1 fully saturated rings. The van der Waals surface area contributed by atoms with Crippen LogP contribution in [0.2, 0.25) is 0 Å². The van der Waals surface area contributed by atoms with Crippen molar-refractivity contribution in [2.75, 3.05) is 19.6 Å². The Bertz CT molecular complexity index is 896. The second-order valence-corrected chi connectivity index (χ2v) is 9.01. The molecule has 0 radical (unpaired) electrons. The number of nitrogens with zero attached hydrogens (tertiary/aromatic N) is 4. The predicted octanol–water partition coefficient (Wildman–Crippen LogP) is 4.49. The van der Waals surface area contributed by atoms with E-state index in [-0.39, 0.29) is 0 Å². The van der Waals surface area contributed by atoms with Gasteiger partial charge >= 0.3 is 0 Å². The average Bonchev–Trinajstić information content (AvgIpc) is 3.40. The molecule has 0 spiro atoms. The minimum atomic E-state index is 0.590. The highest BCUT2D eigenvalue weighted by Gasteiger charge is 2.26. The van der Waals surface area contributed by atoms with Gasteiger partial charge in [-0.2, -0.15) is 4.98 Å². The van der Waals surface area contributed by atoms with Crippen LogP contribution in [0.15, 0.2) is 34.9 Å². The molecule has 3 heterocycles. The molecule has 1 unspecified atom stereocenters. The second kappa shape index (κ2) is 8.13. The Balaban J connectivity index is 1.19. The number of benzene rings is 1. The van der Waals surface area contributed by atoms with E-state index in [0.29, 0.717) is 11.7 Å². The van der Waals surface area contributed by atoms with Crippen molar-refractivity contribution < 1.29 is 4.52 Å². The van der Waals surface area contributed by atoms with Crippen LogP contribution >= 0.6 is 11.3 Å². The Morgan fingerprint density at radius 1 is 1.07 bits per heavy atom. The van der Waals surface area contributed by atoms with Crippen LogP contribution in [0.1, 0.15) is 53.1 Å². The third-order valence-electron chi connectivity index (χ3n) is 5.86. The van der Waals surface area contributed by atoms with Crippen molar-refractivity contribution in [2.24, 2.45) is 0 Å². The largest absolute Gasteiger partial charge is 0.339 e. The molecular formula is C22H26N4OS. The summed E-state index contributed by atoms with van der Waals surface area (Å²) in [4.78, 5) is 13.7. The molecule has 1 aliphatic carbocycles. The fourth-order valence-corrected chi connectivity index (χ4v) is 5.60. The Kier molecular flexibility index (Phi) is 5.23. The Labute approximate surface area is 169 Å². The van der Waals surface area contributed by atoms with Crippen LogP contribution in [0.3, 0.4) is 0 Å². The molecule has 3 aromatic rings. The summed E-state index contributed by atoms with van der Waals surface area (Å²) in [5.74, 6) is 2.00. The lowest BCUT2D eigenvalue weighted by atomic mass is 9.98. The lowest BCUT2D eigenvalue weighted by molar-refractivity contribution is 0.203. The van der Waals surface area contributed by atoms with Crippen molar-refractivity contribution in [2.45, 2.75) is 50.9 Å². The highest BCUT2D eigenvalue weighted by Crippen LogP contribution is 2.34. The number of aromatic nitrogens is 3. The Morgan fingerprint density at radius 3 is 2.86 bits per heavy atom. The molecule has 0 N–H and O–H groups in total. The van der Waals surface area contributed by atoms with Gasteiger partial charge in [0.05, 0.1) is 10.7 Å². The lowest BCUT2D eigenvalue weighted by Crippen LogP contribution is -2.35. The monoisotopic (exact) mass is 394 g/mol. The van der Waals surface area contributed by atoms with Gasteiger partial charge in [0, 0.05) is 35.9 Å². The standard InChI is InChI=1S/C22H26N4OS/c1-2-7-16(8-3-1)21-24-20(27-25-21)12-14-26-13-6-9-17(15-26)22-23-18-10-4-5-11-19(18)28-22/h1-3,7-8,17H,4-6,9-15H2. The van der Waals surface area contributed by atoms with E-state index in [9.17, 15) is 0 Å². The zero-order valence-corrected chi connectivity index (χ0v) is 17.0. The van der Waals surface area contributed by atoms with Crippen LogP contribution in [0.25, 0.3) is 11.4 Å². The molecular weight excluding hydrogens is 368 g/mol. The molecule has 5 rings (SSSR count). The number of aryl methyl sites for hydroxylation is 2. The summed E-state index contributed by atoms with van der Waals surface area (Å²) in [6.07, 6.45) is 8.38. The summed E-state index contributed by atoms with van der Waals surface area (Å²) < 4.78 is 5.48. The highest BCUT2D eigenvalue weighted by molar-refractivity contribution is 7.11. The van der Waals surface area contributed by atoms with Gasteiger partial charge in [-0.1, -0.05) is 35.5 Å². The molecule has 1 aromatic carbocycles. The molecule has 1 aliphatic heterocycles. The van der Waals surface area contributed by atoms with Crippen molar-refractivity contribution >= 4 is 11.3 Å². The molecule has 5 nitrogen and oxygen atoms in total. The number of hydrogen-bond acceptors (Lipinski definition) is 6. The van der Waals surface area contributed by atoms with Crippen LogP contribution in [0, 0.1) is 0 Å². The fraction of sp³-hybridized carbons (Fsp3) is 0.500. The van der Waals surface area contributed by atoms with E-state index in [2.05, 4.69) is 15.0 Å². The maximum atomic E-state index is 5.48.